The number of likely N-dealkylation sites (tertiary alicyclic amines) is 1. The van der Waals surface area contributed by atoms with E-state index < -0.39 is 23.0 Å². The lowest BCUT2D eigenvalue weighted by atomic mass is 9.97. The third-order valence-electron chi connectivity index (χ3n) is 7.17. The lowest BCUT2D eigenvalue weighted by Crippen LogP contribution is -2.52. The number of hydrogen-bond donors (Lipinski definition) is 2. The van der Waals surface area contributed by atoms with Crippen molar-refractivity contribution in [1.29, 1.82) is 0 Å². The van der Waals surface area contributed by atoms with Gasteiger partial charge in [0.25, 0.3) is 0 Å². The molecule has 2 N–H and O–H groups in total. The molecule has 1 aliphatic rings. The number of rotatable bonds is 10. The molecule has 3 aromatic carbocycles. The smallest absolute Gasteiger partial charge is 0.325 e. The molecule has 0 saturated carbocycles. The fourth-order valence-electron chi connectivity index (χ4n) is 4.93. The highest BCUT2D eigenvalue weighted by molar-refractivity contribution is 5.86. The van der Waals surface area contributed by atoms with Crippen LogP contribution in [0.1, 0.15) is 42.9 Å². The van der Waals surface area contributed by atoms with Gasteiger partial charge in [-0.3, -0.25) is 24.6 Å². The first-order valence-electron chi connectivity index (χ1n) is 13.1. The van der Waals surface area contributed by atoms with E-state index in [1.54, 1.807) is 12.1 Å². The van der Waals surface area contributed by atoms with Gasteiger partial charge in [-0.1, -0.05) is 61.0 Å². The van der Waals surface area contributed by atoms with Gasteiger partial charge in [0.2, 0.25) is 5.91 Å². The van der Waals surface area contributed by atoms with Gasteiger partial charge in [-0.15, -0.1) is 0 Å². The Labute approximate surface area is 227 Å². The van der Waals surface area contributed by atoms with Crippen LogP contribution in [-0.2, 0) is 22.7 Å². The topological polar surface area (TPSA) is 122 Å². The maximum Gasteiger partial charge on any atom is 0.325 e. The molecule has 0 aromatic heterocycles. The average molecular weight is 532 g/mol. The first-order valence-corrected chi connectivity index (χ1v) is 13.1. The van der Waals surface area contributed by atoms with Gasteiger partial charge in [0, 0.05) is 12.6 Å². The Bertz CT molecular complexity index is 1340. The van der Waals surface area contributed by atoms with E-state index in [1.807, 2.05) is 60.4 Å². The van der Waals surface area contributed by atoms with E-state index in [0.717, 1.165) is 35.1 Å². The summed E-state index contributed by atoms with van der Waals surface area (Å²) in [6.07, 6.45) is 2.35. The second-order valence-electron chi connectivity index (χ2n) is 9.85. The van der Waals surface area contributed by atoms with Crippen LogP contribution in [0.25, 0.3) is 11.1 Å². The van der Waals surface area contributed by atoms with Crippen LogP contribution in [0.5, 0.6) is 5.75 Å². The monoisotopic (exact) mass is 531 g/mol. The molecule has 204 valence electrons. The molecule has 1 saturated heterocycles. The summed E-state index contributed by atoms with van der Waals surface area (Å²) in [6, 6.07) is 19.4. The quantitative estimate of drug-likeness (QED) is 0.276. The van der Waals surface area contributed by atoms with Gasteiger partial charge in [0.1, 0.15) is 12.6 Å². The Morgan fingerprint density at radius 1 is 1.13 bits per heavy atom. The summed E-state index contributed by atoms with van der Waals surface area (Å²) < 4.78 is 5.95. The van der Waals surface area contributed by atoms with Crippen LogP contribution in [0.3, 0.4) is 0 Å². The Balaban J connectivity index is 1.49. The van der Waals surface area contributed by atoms with Crippen molar-refractivity contribution in [3.8, 4) is 16.9 Å². The molecule has 9 heteroatoms. The molecule has 1 heterocycles. The molecule has 3 aromatic rings. The summed E-state index contributed by atoms with van der Waals surface area (Å²) >= 11 is 0. The Hall–Kier alpha value is -4.24. The number of benzene rings is 3. The maximum absolute atomic E-state index is 12.8. The van der Waals surface area contributed by atoms with E-state index in [2.05, 4.69) is 5.32 Å². The van der Waals surface area contributed by atoms with Crippen molar-refractivity contribution in [2.45, 2.75) is 58.3 Å². The molecule has 0 radical (unpaired) electrons. The van der Waals surface area contributed by atoms with Crippen molar-refractivity contribution < 1.29 is 24.4 Å². The predicted molar refractivity (Wildman–Crippen MR) is 147 cm³/mol. The first-order chi connectivity index (χ1) is 18.7. The van der Waals surface area contributed by atoms with Crippen molar-refractivity contribution >= 4 is 17.6 Å². The Morgan fingerprint density at radius 2 is 1.90 bits per heavy atom. The number of nitro groups is 1. The molecular weight excluding hydrogens is 498 g/mol. The summed E-state index contributed by atoms with van der Waals surface area (Å²) in [4.78, 5) is 37.3. The second-order valence-corrected chi connectivity index (χ2v) is 9.85. The summed E-state index contributed by atoms with van der Waals surface area (Å²) in [5, 5.41) is 23.6. The van der Waals surface area contributed by atoms with Crippen molar-refractivity contribution in [1.82, 2.24) is 10.2 Å². The molecule has 1 aliphatic heterocycles. The molecule has 4 rings (SSSR count). The van der Waals surface area contributed by atoms with Gasteiger partial charge in [-0.25, -0.2) is 0 Å². The van der Waals surface area contributed by atoms with Gasteiger partial charge in [0.05, 0.1) is 11.0 Å². The molecule has 0 spiro atoms. The molecule has 1 fully saturated rings. The number of carboxylic acid groups (broad SMARTS) is 1. The minimum atomic E-state index is -1.10. The summed E-state index contributed by atoms with van der Waals surface area (Å²) in [5.74, 6) is -1.26. The molecular formula is C30H33N3O6. The molecule has 39 heavy (non-hydrogen) atoms. The van der Waals surface area contributed by atoms with Crippen LogP contribution < -0.4 is 10.1 Å². The van der Waals surface area contributed by atoms with Crippen molar-refractivity contribution in [3.63, 3.8) is 0 Å². The number of carbonyl (C=O) groups is 2. The fraction of sp³-hybridized carbons (Fsp3) is 0.333. The summed E-state index contributed by atoms with van der Waals surface area (Å²) in [7, 11) is 0. The minimum absolute atomic E-state index is 0.137. The highest BCUT2D eigenvalue weighted by Crippen LogP contribution is 2.32. The van der Waals surface area contributed by atoms with E-state index in [0.29, 0.717) is 25.1 Å². The van der Waals surface area contributed by atoms with Crippen molar-refractivity contribution in [2.75, 3.05) is 6.54 Å². The number of nitro benzene ring substituents is 1. The lowest BCUT2D eigenvalue weighted by molar-refractivity contribution is -0.386. The average Bonchev–Trinajstić information content (AvgIpc) is 2.93. The van der Waals surface area contributed by atoms with Crippen LogP contribution in [-0.4, -0.2) is 45.4 Å². The van der Waals surface area contributed by atoms with Crippen LogP contribution in [0.2, 0.25) is 0 Å². The molecule has 0 bridgehead atoms. The fourth-order valence-corrected chi connectivity index (χ4v) is 4.93. The SMILES string of the molecule is Cc1c(COc2ccc(CN3CCCCC3C(=O)NC(C)C(=O)O)cc2[N+](=O)[O-])cccc1-c1ccccc1. The van der Waals surface area contributed by atoms with Crippen LogP contribution >= 0.6 is 0 Å². The number of carboxylic acids is 1. The number of ether oxygens (including phenoxy) is 1. The number of aliphatic carboxylic acids is 1. The number of nitrogens with zero attached hydrogens (tertiary/aromatic N) is 2. The molecule has 2 unspecified atom stereocenters. The highest BCUT2D eigenvalue weighted by atomic mass is 16.6. The molecule has 9 nitrogen and oxygen atoms in total. The molecule has 2 atom stereocenters. The van der Waals surface area contributed by atoms with Gasteiger partial charge in [0.15, 0.2) is 5.75 Å². The van der Waals surface area contributed by atoms with E-state index in [9.17, 15) is 19.7 Å². The third-order valence-corrected chi connectivity index (χ3v) is 7.17. The van der Waals surface area contributed by atoms with Gasteiger partial charge in [-0.05, 0) is 67.1 Å². The van der Waals surface area contributed by atoms with E-state index in [-0.39, 0.29) is 24.0 Å². The van der Waals surface area contributed by atoms with Gasteiger partial charge >= 0.3 is 11.7 Å². The van der Waals surface area contributed by atoms with Gasteiger partial charge < -0.3 is 15.2 Å². The third kappa shape index (κ3) is 6.80. The van der Waals surface area contributed by atoms with E-state index in [4.69, 9.17) is 9.84 Å². The number of hydrogen-bond acceptors (Lipinski definition) is 6. The summed E-state index contributed by atoms with van der Waals surface area (Å²) in [5.41, 5.74) is 4.71. The van der Waals surface area contributed by atoms with Crippen LogP contribution in [0.15, 0.2) is 66.7 Å². The van der Waals surface area contributed by atoms with E-state index in [1.165, 1.54) is 13.0 Å². The van der Waals surface area contributed by atoms with Crippen LogP contribution in [0, 0.1) is 17.0 Å². The zero-order valence-corrected chi connectivity index (χ0v) is 22.1. The first kappa shape index (κ1) is 27.8. The normalized spacial score (nSPS) is 16.3. The maximum atomic E-state index is 12.8. The Kier molecular flexibility index (Phi) is 8.93. The number of piperidine rings is 1. The summed E-state index contributed by atoms with van der Waals surface area (Å²) in [6.45, 7) is 4.60. The van der Waals surface area contributed by atoms with Crippen LogP contribution in [0.4, 0.5) is 5.69 Å². The van der Waals surface area contributed by atoms with E-state index >= 15 is 0 Å². The Morgan fingerprint density at radius 3 is 2.62 bits per heavy atom. The number of carbonyl (C=O) groups excluding carboxylic acids is 1. The van der Waals surface area contributed by atoms with Crippen molar-refractivity contribution in [3.05, 3.63) is 93.5 Å². The van der Waals surface area contributed by atoms with Gasteiger partial charge in [-0.2, -0.15) is 0 Å². The zero-order chi connectivity index (χ0) is 27.9. The largest absolute Gasteiger partial charge is 0.482 e. The molecule has 0 aliphatic carbocycles. The van der Waals surface area contributed by atoms with Crippen molar-refractivity contribution in [2.24, 2.45) is 0 Å². The second kappa shape index (κ2) is 12.5. The number of nitrogens with one attached hydrogen (secondary N) is 1. The lowest BCUT2D eigenvalue weighted by Gasteiger charge is -2.35. The highest BCUT2D eigenvalue weighted by Gasteiger charge is 2.31. The zero-order valence-electron chi connectivity index (χ0n) is 22.1. The minimum Gasteiger partial charge on any atom is -0.482 e. The number of amides is 1. The molecule has 1 amide bonds. The standard InChI is InChI=1S/C30H33N3O6/c1-20-24(11-8-12-25(20)23-9-4-3-5-10-23)19-39-28-15-14-22(17-27(28)33(37)38)18-32-16-7-6-13-26(32)29(34)31-21(2)30(35)36/h3-5,8-12,14-15,17,21,26H,6-7,13,16,18-19H2,1-2H3,(H,31,34)(H,35,36). The predicted octanol–water partition coefficient (Wildman–Crippen LogP) is 5.09.